The normalized spacial score (nSPS) is 22.8. The summed E-state index contributed by atoms with van der Waals surface area (Å²) in [7, 11) is 1.32. The highest BCUT2D eigenvalue weighted by molar-refractivity contribution is 7.07. The molecule has 0 radical (unpaired) electrons. The summed E-state index contributed by atoms with van der Waals surface area (Å²) >= 11 is 7.32. The zero-order chi connectivity index (χ0) is 20.5. The fourth-order valence-electron chi connectivity index (χ4n) is 3.29. The van der Waals surface area contributed by atoms with Gasteiger partial charge in [0.1, 0.15) is 11.7 Å². The molecule has 0 saturated carbocycles. The topological polar surface area (TPSA) is 127 Å². The van der Waals surface area contributed by atoms with Crippen molar-refractivity contribution in [3.05, 3.63) is 28.2 Å². The summed E-state index contributed by atoms with van der Waals surface area (Å²) in [6, 6.07) is 0. The second kappa shape index (κ2) is 8.19. The lowest BCUT2D eigenvalue weighted by molar-refractivity contribution is -0.158. The van der Waals surface area contributed by atoms with Crippen molar-refractivity contribution in [1.82, 2.24) is 24.5 Å². The second-order valence-electron chi connectivity index (χ2n) is 6.69. The van der Waals surface area contributed by atoms with Gasteiger partial charge in [0, 0.05) is 5.38 Å². The standard InChI is InChI=1S/C17H19ClN6O4S/c1-8-3-11(24-6-20-12-14(19)22-17(18)23-15(12)24)28-10(8)4-27-13(16(25)26-2)9-5-29-7-21-9/h5-8,10-11,13H,3-4H2,1-2H3,(H2,19,22,23)/t8-,10-,11-,13?/m1/s1. The lowest BCUT2D eigenvalue weighted by Gasteiger charge is -2.19. The molecule has 0 aliphatic carbocycles. The third-order valence-corrected chi connectivity index (χ3v) is 5.61. The molecule has 1 fully saturated rings. The van der Waals surface area contributed by atoms with Gasteiger partial charge in [-0.15, -0.1) is 11.3 Å². The van der Waals surface area contributed by atoms with Crippen LogP contribution in [0.25, 0.3) is 11.2 Å². The zero-order valence-corrected chi connectivity index (χ0v) is 17.3. The van der Waals surface area contributed by atoms with E-state index in [9.17, 15) is 4.79 Å². The van der Waals surface area contributed by atoms with Crippen molar-refractivity contribution in [2.24, 2.45) is 5.92 Å². The van der Waals surface area contributed by atoms with Crippen LogP contribution in [0, 0.1) is 5.92 Å². The van der Waals surface area contributed by atoms with Crippen LogP contribution in [0.15, 0.2) is 17.2 Å². The minimum atomic E-state index is -0.887. The van der Waals surface area contributed by atoms with Crippen molar-refractivity contribution in [3.8, 4) is 0 Å². The molecule has 1 saturated heterocycles. The van der Waals surface area contributed by atoms with Gasteiger partial charge in [-0.2, -0.15) is 9.97 Å². The molecule has 3 aromatic heterocycles. The molecular formula is C17H19ClN6O4S. The van der Waals surface area contributed by atoms with E-state index in [0.29, 0.717) is 23.3 Å². The van der Waals surface area contributed by atoms with E-state index in [1.54, 1.807) is 21.8 Å². The van der Waals surface area contributed by atoms with E-state index in [0.717, 1.165) is 0 Å². The number of imidazole rings is 1. The predicted molar refractivity (Wildman–Crippen MR) is 105 cm³/mol. The third-order valence-electron chi connectivity index (χ3n) is 4.83. The summed E-state index contributed by atoms with van der Waals surface area (Å²) in [6.45, 7) is 2.26. The molecule has 12 heteroatoms. The molecule has 1 aliphatic rings. The Labute approximate surface area is 175 Å². The number of carbonyl (C=O) groups is 1. The Morgan fingerprint density at radius 3 is 3.03 bits per heavy atom. The summed E-state index contributed by atoms with van der Waals surface area (Å²) in [5.74, 6) is -0.116. The Balaban J connectivity index is 1.48. The van der Waals surface area contributed by atoms with Gasteiger partial charge in [-0.25, -0.2) is 14.8 Å². The molecule has 2 N–H and O–H groups in total. The van der Waals surface area contributed by atoms with Crippen molar-refractivity contribution in [1.29, 1.82) is 0 Å². The van der Waals surface area contributed by atoms with Crippen LogP contribution in [-0.2, 0) is 19.0 Å². The second-order valence-corrected chi connectivity index (χ2v) is 7.75. The van der Waals surface area contributed by atoms with Crippen LogP contribution in [0.2, 0.25) is 5.28 Å². The van der Waals surface area contributed by atoms with Crippen LogP contribution in [0.5, 0.6) is 0 Å². The van der Waals surface area contributed by atoms with Crippen LogP contribution >= 0.6 is 22.9 Å². The Hall–Kier alpha value is -2.34. The molecule has 1 unspecified atom stereocenters. The minimum Gasteiger partial charge on any atom is -0.467 e. The van der Waals surface area contributed by atoms with Gasteiger partial charge in [-0.1, -0.05) is 6.92 Å². The van der Waals surface area contributed by atoms with Crippen molar-refractivity contribution < 1.29 is 19.0 Å². The number of halogens is 1. The molecule has 154 valence electrons. The van der Waals surface area contributed by atoms with Gasteiger partial charge in [0.2, 0.25) is 5.28 Å². The maximum absolute atomic E-state index is 12.1. The van der Waals surface area contributed by atoms with Crippen molar-refractivity contribution >= 4 is 45.9 Å². The largest absolute Gasteiger partial charge is 0.467 e. The van der Waals surface area contributed by atoms with E-state index in [1.165, 1.54) is 18.4 Å². The van der Waals surface area contributed by atoms with Gasteiger partial charge in [0.25, 0.3) is 0 Å². The lowest BCUT2D eigenvalue weighted by atomic mass is 10.0. The monoisotopic (exact) mass is 438 g/mol. The number of aromatic nitrogens is 5. The number of nitrogens with two attached hydrogens (primary N) is 1. The number of ether oxygens (including phenoxy) is 3. The first-order chi connectivity index (χ1) is 14.0. The first-order valence-electron chi connectivity index (χ1n) is 8.86. The maximum Gasteiger partial charge on any atom is 0.341 e. The molecule has 10 nitrogen and oxygen atoms in total. The summed E-state index contributed by atoms with van der Waals surface area (Å²) in [5.41, 5.74) is 9.01. The first kappa shape index (κ1) is 20.0. The van der Waals surface area contributed by atoms with Crippen LogP contribution < -0.4 is 5.73 Å². The van der Waals surface area contributed by atoms with E-state index in [4.69, 9.17) is 31.5 Å². The average Bonchev–Trinajstić information content (AvgIpc) is 3.42. The Bertz CT molecular complexity index is 1010. The quantitative estimate of drug-likeness (QED) is 0.455. The van der Waals surface area contributed by atoms with E-state index < -0.39 is 12.1 Å². The number of hydrogen-bond donors (Lipinski definition) is 1. The van der Waals surface area contributed by atoms with Crippen LogP contribution in [0.1, 0.15) is 31.4 Å². The molecule has 4 atom stereocenters. The number of nitrogen functional groups attached to an aromatic ring is 1. The zero-order valence-electron chi connectivity index (χ0n) is 15.7. The summed E-state index contributed by atoms with van der Waals surface area (Å²) in [5, 5.41) is 1.81. The molecule has 0 amide bonds. The van der Waals surface area contributed by atoms with Gasteiger partial charge in [0.05, 0.1) is 37.4 Å². The minimum absolute atomic E-state index is 0.0480. The van der Waals surface area contributed by atoms with E-state index in [-0.39, 0.29) is 36.0 Å². The fourth-order valence-corrected chi connectivity index (χ4v) is 4.03. The number of rotatable bonds is 6. The van der Waals surface area contributed by atoms with Gasteiger partial charge < -0.3 is 19.9 Å². The molecule has 29 heavy (non-hydrogen) atoms. The number of hydrogen-bond acceptors (Lipinski definition) is 10. The average molecular weight is 439 g/mol. The summed E-state index contributed by atoms with van der Waals surface area (Å²) in [4.78, 5) is 28.7. The van der Waals surface area contributed by atoms with E-state index in [1.807, 2.05) is 0 Å². The fraction of sp³-hybridized carbons (Fsp3) is 0.471. The van der Waals surface area contributed by atoms with Crippen molar-refractivity contribution in [2.75, 3.05) is 19.5 Å². The highest BCUT2D eigenvalue weighted by Gasteiger charge is 2.36. The number of nitrogens with zero attached hydrogens (tertiary/aromatic N) is 5. The molecular weight excluding hydrogens is 420 g/mol. The molecule has 1 aliphatic heterocycles. The maximum atomic E-state index is 12.1. The van der Waals surface area contributed by atoms with Crippen LogP contribution in [0.3, 0.4) is 0 Å². The molecule has 4 rings (SSSR count). The first-order valence-corrected chi connectivity index (χ1v) is 10.2. The Morgan fingerprint density at radius 2 is 2.31 bits per heavy atom. The van der Waals surface area contributed by atoms with Crippen molar-refractivity contribution in [2.45, 2.75) is 31.8 Å². The van der Waals surface area contributed by atoms with Gasteiger partial charge in [0.15, 0.2) is 17.6 Å². The number of thiazole rings is 1. The van der Waals surface area contributed by atoms with E-state index >= 15 is 0 Å². The lowest BCUT2D eigenvalue weighted by Crippen LogP contribution is -2.26. The molecule has 0 spiro atoms. The Morgan fingerprint density at radius 1 is 1.48 bits per heavy atom. The number of carbonyl (C=O) groups excluding carboxylic acids is 1. The highest BCUT2D eigenvalue weighted by atomic mass is 35.5. The summed E-state index contributed by atoms with van der Waals surface area (Å²) < 4.78 is 18.6. The predicted octanol–water partition coefficient (Wildman–Crippen LogP) is 2.37. The number of anilines is 1. The smallest absolute Gasteiger partial charge is 0.341 e. The number of esters is 1. The van der Waals surface area contributed by atoms with Crippen molar-refractivity contribution in [3.63, 3.8) is 0 Å². The van der Waals surface area contributed by atoms with Gasteiger partial charge >= 0.3 is 5.97 Å². The molecule has 0 aromatic carbocycles. The summed E-state index contributed by atoms with van der Waals surface area (Å²) in [6.07, 6.45) is 0.879. The molecule has 4 heterocycles. The molecule has 3 aromatic rings. The molecule has 0 bridgehead atoms. The van der Waals surface area contributed by atoms with E-state index in [2.05, 4.69) is 26.9 Å². The van der Waals surface area contributed by atoms with Crippen LogP contribution in [0.4, 0.5) is 5.82 Å². The Kier molecular flexibility index (Phi) is 5.63. The number of methoxy groups -OCH3 is 1. The third kappa shape index (κ3) is 3.90. The highest BCUT2D eigenvalue weighted by Crippen LogP contribution is 2.36. The van der Waals surface area contributed by atoms with Gasteiger partial charge in [-0.3, -0.25) is 4.57 Å². The van der Waals surface area contributed by atoms with Crippen LogP contribution in [-0.4, -0.2) is 50.3 Å². The van der Waals surface area contributed by atoms with Gasteiger partial charge in [-0.05, 0) is 23.9 Å². The number of fused-ring (bicyclic) bond motifs is 1. The SMILES string of the molecule is COC(=O)C(OC[C@H]1O[C@@H](n2cnc3c(N)nc(Cl)nc32)C[C@H]1C)c1cscn1.